The van der Waals surface area contributed by atoms with Gasteiger partial charge in [0.05, 0.1) is 12.2 Å². The van der Waals surface area contributed by atoms with Crippen LogP contribution in [0.1, 0.15) is 33.1 Å². The number of fused-ring (bicyclic) bond motifs is 1. The number of rotatable bonds is 6. The van der Waals surface area contributed by atoms with Crippen LogP contribution < -0.4 is 15.4 Å². The van der Waals surface area contributed by atoms with Gasteiger partial charge in [0.15, 0.2) is 0 Å². The molecule has 0 amide bonds. The molecule has 2 atom stereocenters. The molecular weight excluding hydrogens is 224 g/mol. The lowest BCUT2D eigenvalue weighted by atomic mass is 10.1. The normalized spacial score (nSPS) is 19.6. The van der Waals surface area contributed by atoms with Gasteiger partial charge in [-0.3, -0.25) is 0 Å². The van der Waals surface area contributed by atoms with Gasteiger partial charge in [-0.15, -0.1) is 0 Å². The summed E-state index contributed by atoms with van der Waals surface area (Å²) in [6, 6.07) is 8.70. The lowest BCUT2D eigenvalue weighted by Crippen LogP contribution is -2.42. The number of ether oxygens (including phenoxy) is 1. The van der Waals surface area contributed by atoms with E-state index in [2.05, 4.69) is 30.5 Å². The molecule has 1 aliphatic rings. The Morgan fingerprint density at radius 2 is 2.28 bits per heavy atom. The highest BCUT2D eigenvalue weighted by Crippen LogP contribution is 2.27. The summed E-state index contributed by atoms with van der Waals surface area (Å²) in [5.74, 6) is 0.969. The van der Waals surface area contributed by atoms with Crippen LogP contribution in [0, 0.1) is 0 Å². The van der Waals surface area contributed by atoms with Crippen molar-refractivity contribution in [3.63, 3.8) is 0 Å². The van der Waals surface area contributed by atoms with Gasteiger partial charge in [0, 0.05) is 12.6 Å². The first-order chi connectivity index (χ1) is 8.79. The van der Waals surface area contributed by atoms with E-state index in [1.807, 2.05) is 18.2 Å². The van der Waals surface area contributed by atoms with E-state index < -0.39 is 0 Å². The third kappa shape index (κ3) is 3.64. The Kier molecular flexibility index (Phi) is 4.88. The topological polar surface area (TPSA) is 33.3 Å². The van der Waals surface area contributed by atoms with E-state index in [9.17, 15) is 0 Å². The molecule has 1 aromatic rings. The standard InChI is InChI=1S/C15H24N2O/c1-3-4-7-12(2)16-10-13-11-17-14-8-5-6-9-15(14)18-13/h5-6,8-9,12-13,16-17H,3-4,7,10-11H2,1-2H3. The molecule has 1 heterocycles. The zero-order valence-corrected chi connectivity index (χ0v) is 11.4. The SMILES string of the molecule is CCCCC(C)NCC1CNc2ccccc2O1. The largest absolute Gasteiger partial charge is 0.485 e. The van der Waals surface area contributed by atoms with Crippen LogP contribution in [-0.4, -0.2) is 25.2 Å². The molecule has 0 radical (unpaired) electrons. The molecule has 0 aliphatic carbocycles. The smallest absolute Gasteiger partial charge is 0.142 e. The molecule has 0 saturated carbocycles. The van der Waals surface area contributed by atoms with Crippen LogP contribution in [0.25, 0.3) is 0 Å². The summed E-state index contributed by atoms with van der Waals surface area (Å²) < 4.78 is 5.96. The number of unbranched alkanes of at least 4 members (excludes halogenated alkanes) is 1. The highest BCUT2D eigenvalue weighted by atomic mass is 16.5. The van der Waals surface area contributed by atoms with Gasteiger partial charge in [-0.2, -0.15) is 0 Å². The summed E-state index contributed by atoms with van der Waals surface area (Å²) in [6.45, 7) is 6.27. The Hall–Kier alpha value is -1.22. The summed E-state index contributed by atoms with van der Waals surface area (Å²) in [5, 5.41) is 6.97. The molecular formula is C15H24N2O. The van der Waals surface area contributed by atoms with E-state index >= 15 is 0 Å². The summed E-state index contributed by atoms with van der Waals surface area (Å²) in [7, 11) is 0. The van der Waals surface area contributed by atoms with E-state index in [1.165, 1.54) is 19.3 Å². The second-order valence-electron chi connectivity index (χ2n) is 5.07. The lowest BCUT2D eigenvalue weighted by Gasteiger charge is -2.28. The molecule has 1 aromatic carbocycles. The Morgan fingerprint density at radius 3 is 3.11 bits per heavy atom. The van der Waals surface area contributed by atoms with Crippen molar-refractivity contribution in [2.45, 2.75) is 45.3 Å². The molecule has 100 valence electrons. The van der Waals surface area contributed by atoms with Crippen molar-refractivity contribution >= 4 is 5.69 Å². The Labute approximate surface area is 110 Å². The molecule has 0 bridgehead atoms. The van der Waals surface area contributed by atoms with Gasteiger partial charge in [0.2, 0.25) is 0 Å². The Morgan fingerprint density at radius 1 is 1.44 bits per heavy atom. The number of hydrogen-bond donors (Lipinski definition) is 2. The van der Waals surface area contributed by atoms with Crippen LogP contribution in [0.3, 0.4) is 0 Å². The molecule has 3 nitrogen and oxygen atoms in total. The van der Waals surface area contributed by atoms with Crippen LogP contribution >= 0.6 is 0 Å². The van der Waals surface area contributed by atoms with Crippen molar-refractivity contribution in [3.8, 4) is 5.75 Å². The summed E-state index contributed by atoms with van der Waals surface area (Å²) in [5.41, 5.74) is 1.10. The van der Waals surface area contributed by atoms with E-state index in [0.717, 1.165) is 24.5 Å². The number of anilines is 1. The van der Waals surface area contributed by atoms with Crippen molar-refractivity contribution in [1.29, 1.82) is 0 Å². The van der Waals surface area contributed by atoms with Crippen molar-refractivity contribution in [3.05, 3.63) is 24.3 Å². The van der Waals surface area contributed by atoms with Crippen LogP contribution in [0.2, 0.25) is 0 Å². The van der Waals surface area contributed by atoms with Crippen molar-refractivity contribution in [2.75, 3.05) is 18.4 Å². The predicted molar refractivity (Wildman–Crippen MR) is 76.3 cm³/mol. The van der Waals surface area contributed by atoms with Crippen molar-refractivity contribution in [1.82, 2.24) is 5.32 Å². The van der Waals surface area contributed by atoms with Crippen LogP contribution in [0.4, 0.5) is 5.69 Å². The lowest BCUT2D eigenvalue weighted by molar-refractivity contribution is 0.196. The second-order valence-corrected chi connectivity index (χ2v) is 5.07. The molecule has 2 rings (SSSR count). The molecule has 0 aromatic heterocycles. The fraction of sp³-hybridized carbons (Fsp3) is 0.600. The van der Waals surface area contributed by atoms with E-state index in [0.29, 0.717) is 6.04 Å². The van der Waals surface area contributed by atoms with E-state index in [-0.39, 0.29) is 6.10 Å². The number of para-hydroxylation sites is 2. The van der Waals surface area contributed by atoms with Gasteiger partial charge in [-0.1, -0.05) is 31.9 Å². The minimum atomic E-state index is 0.226. The average Bonchev–Trinajstić information content (AvgIpc) is 2.42. The van der Waals surface area contributed by atoms with Gasteiger partial charge in [-0.25, -0.2) is 0 Å². The Balaban J connectivity index is 1.76. The maximum absolute atomic E-state index is 5.96. The maximum Gasteiger partial charge on any atom is 0.142 e. The number of benzene rings is 1. The summed E-state index contributed by atoms with van der Waals surface area (Å²) >= 11 is 0. The first-order valence-corrected chi connectivity index (χ1v) is 7.02. The van der Waals surface area contributed by atoms with Crippen molar-refractivity contribution in [2.24, 2.45) is 0 Å². The second kappa shape index (κ2) is 6.64. The number of hydrogen-bond acceptors (Lipinski definition) is 3. The zero-order chi connectivity index (χ0) is 12.8. The molecule has 0 fully saturated rings. The molecule has 2 unspecified atom stereocenters. The van der Waals surface area contributed by atoms with Gasteiger partial charge < -0.3 is 15.4 Å². The molecule has 18 heavy (non-hydrogen) atoms. The molecule has 1 aliphatic heterocycles. The summed E-state index contributed by atoms with van der Waals surface area (Å²) in [4.78, 5) is 0. The van der Waals surface area contributed by atoms with Crippen molar-refractivity contribution < 1.29 is 4.74 Å². The predicted octanol–water partition coefficient (Wildman–Crippen LogP) is 3.03. The highest BCUT2D eigenvalue weighted by molar-refractivity contribution is 5.57. The number of nitrogens with one attached hydrogen (secondary N) is 2. The first kappa shape index (κ1) is 13.2. The van der Waals surface area contributed by atoms with Crippen LogP contribution in [0.5, 0.6) is 5.75 Å². The minimum Gasteiger partial charge on any atom is -0.485 e. The molecule has 3 heteroatoms. The van der Waals surface area contributed by atoms with Crippen LogP contribution in [0.15, 0.2) is 24.3 Å². The van der Waals surface area contributed by atoms with Gasteiger partial charge in [0.25, 0.3) is 0 Å². The molecule has 2 N–H and O–H groups in total. The first-order valence-electron chi connectivity index (χ1n) is 7.02. The van der Waals surface area contributed by atoms with Gasteiger partial charge in [-0.05, 0) is 25.5 Å². The molecule has 0 spiro atoms. The average molecular weight is 248 g/mol. The van der Waals surface area contributed by atoms with Gasteiger partial charge >= 0.3 is 0 Å². The van der Waals surface area contributed by atoms with E-state index in [4.69, 9.17) is 4.74 Å². The third-order valence-corrected chi connectivity index (χ3v) is 3.39. The quantitative estimate of drug-likeness (QED) is 0.812. The fourth-order valence-corrected chi connectivity index (χ4v) is 2.22. The minimum absolute atomic E-state index is 0.226. The zero-order valence-electron chi connectivity index (χ0n) is 11.4. The highest BCUT2D eigenvalue weighted by Gasteiger charge is 2.18. The fourth-order valence-electron chi connectivity index (χ4n) is 2.22. The van der Waals surface area contributed by atoms with E-state index in [1.54, 1.807) is 0 Å². The maximum atomic E-state index is 5.96. The van der Waals surface area contributed by atoms with Gasteiger partial charge in [0.1, 0.15) is 11.9 Å². The van der Waals surface area contributed by atoms with Crippen LogP contribution in [-0.2, 0) is 0 Å². The third-order valence-electron chi connectivity index (χ3n) is 3.39. The Bertz CT molecular complexity index is 367. The monoisotopic (exact) mass is 248 g/mol. The molecule has 0 saturated heterocycles. The summed E-state index contributed by atoms with van der Waals surface area (Å²) in [6.07, 6.45) is 4.03.